The Morgan fingerprint density at radius 2 is 2.42 bits per heavy atom. The highest BCUT2D eigenvalue weighted by Crippen LogP contribution is 2.17. The van der Waals surface area contributed by atoms with Gasteiger partial charge in [0, 0.05) is 36.7 Å². The smallest absolute Gasteiger partial charge is 0.253 e. The van der Waals surface area contributed by atoms with Gasteiger partial charge >= 0.3 is 0 Å². The van der Waals surface area contributed by atoms with Crippen LogP contribution in [-0.2, 0) is 16.1 Å². The van der Waals surface area contributed by atoms with E-state index in [1.807, 2.05) is 0 Å². The van der Waals surface area contributed by atoms with Crippen LogP contribution in [0.5, 0.6) is 0 Å². The molecule has 1 fully saturated rings. The largest absolute Gasteiger partial charge is 0.366 e. The standard InChI is InChI=1S/C13H16BrFN2O2/c1-17(13(18)12-7-16-4-5-19-12)8-9-6-10(14)2-3-11(9)15/h2-3,6,12,16H,4-5,7-8H2,1H3/t12-/m1/s1. The summed E-state index contributed by atoms with van der Waals surface area (Å²) in [5.41, 5.74) is 0.481. The van der Waals surface area contributed by atoms with Gasteiger partial charge in [0.25, 0.3) is 5.91 Å². The molecule has 1 saturated heterocycles. The summed E-state index contributed by atoms with van der Waals surface area (Å²) >= 11 is 3.30. The van der Waals surface area contributed by atoms with E-state index in [9.17, 15) is 9.18 Å². The quantitative estimate of drug-likeness (QED) is 0.914. The first-order chi connectivity index (χ1) is 9.08. The first kappa shape index (κ1) is 14.4. The molecule has 0 unspecified atom stereocenters. The first-order valence-electron chi connectivity index (χ1n) is 6.09. The molecule has 1 aliphatic rings. The number of hydrogen-bond donors (Lipinski definition) is 1. The Morgan fingerprint density at radius 1 is 1.63 bits per heavy atom. The van der Waals surface area contributed by atoms with E-state index in [4.69, 9.17) is 4.74 Å². The molecule has 0 spiro atoms. The topological polar surface area (TPSA) is 41.6 Å². The van der Waals surface area contributed by atoms with Crippen LogP contribution in [0.15, 0.2) is 22.7 Å². The molecule has 0 aliphatic carbocycles. The molecule has 4 nitrogen and oxygen atoms in total. The van der Waals surface area contributed by atoms with Crippen LogP contribution in [0.4, 0.5) is 4.39 Å². The molecule has 0 saturated carbocycles. The molecule has 0 radical (unpaired) electrons. The van der Waals surface area contributed by atoms with Crippen LogP contribution in [0.25, 0.3) is 0 Å². The van der Waals surface area contributed by atoms with Crippen molar-refractivity contribution < 1.29 is 13.9 Å². The Hall–Kier alpha value is -0.980. The number of carbonyl (C=O) groups excluding carboxylic acids is 1. The molecule has 1 atom stereocenters. The average Bonchev–Trinajstić information content (AvgIpc) is 2.43. The number of nitrogens with zero attached hydrogens (tertiary/aromatic N) is 1. The van der Waals surface area contributed by atoms with Crippen molar-refractivity contribution >= 4 is 21.8 Å². The van der Waals surface area contributed by atoms with Gasteiger partial charge in [-0.15, -0.1) is 0 Å². The highest BCUT2D eigenvalue weighted by atomic mass is 79.9. The summed E-state index contributed by atoms with van der Waals surface area (Å²) < 4.78 is 19.8. The number of benzene rings is 1. The fraction of sp³-hybridized carbons (Fsp3) is 0.462. The number of nitrogens with one attached hydrogen (secondary N) is 1. The van der Waals surface area contributed by atoms with Gasteiger partial charge in [-0.2, -0.15) is 0 Å². The minimum Gasteiger partial charge on any atom is -0.366 e. The highest BCUT2D eigenvalue weighted by molar-refractivity contribution is 9.10. The zero-order valence-electron chi connectivity index (χ0n) is 10.7. The predicted octanol–water partition coefficient (Wildman–Crippen LogP) is 1.53. The van der Waals surface area contributed by atoms with Crippen LogP contribution >= 0.6 is 15.9 Å². The normalized spacial score (nSPS) is 19.2. The molecule has 6 heteroatoms. The number of halogens is 2. The zero-order valence-corrected chi connectivity index (χ0v) is 12.2. The number of carbonyl (C=O) groups is 1. The van der Waals surface area contributed by atoms with Gasteiger partial charge in [-0.1, -0.05) is 15.9 Å². The van der Waals surface area contributed by atoms with E-state index in [-0.39, 0.29) is 18.3 Å². The third-order valence-electron chi connectivity index (χ3n) is 2.99. The number of morpholine rings is 1. The molecule has 1 heterocycles. The molecular formula is C13H16BrFN2O2. The second kappa shape index (κ2) is 6.45. The molecule has 19 heavy (non-hydrogen) atoms. The van der Waals surface area contributed by atoms with Gasteiger partial charge in [-0.25, -0.2) is 4.39 Å². The Kier molecular flexibility index (Phi) is 4.90. The number of likely N-dealkylation sites (N-methyl/N-ethyl adjacent to an activating group) is 1. The number of amides is 1. The second-order valence-corrected chi connectivity index (χ2v) is 5.41. The molecule has 1 aromatic rings. The van der Waals surface area contributed by atoms with Crippen molar-refractivity contribution in [1.82, 2.24) is 10.2 Å². The maximum Gasteiger partial charge on any atom is 0.253 e. The van der Waals surface area contributed by atoms with Crippen LogP contribution in [0, 0.1) is 5.82 Å². The van der Waals surface area contributed by atoms with Crippen molar-refractivity contribution in [3.63, 3.8) is 0 Å². The van der Waals surface area contributed by atoms with Crippen LogP contribution < -0.4 is 5.32 Å². The van der Waals surface area contributed by atoms with Gasteiger partial charge in [-0.05, 0) is 18.2 Å². The lowest BCUT2D eigenvalue weighted by molar-refractivity contribution is -0.144. The summed E-state index contributed by atoms with van der Waals surface area (Å²) in [6.45, 7) is 2.01. The van der Waals surface area contributed by atoms with E-state index >= 15 is 0 Å². The van der Waals surface area contributed by atoms with Gasteiger partial charge in [0.15, 0.2) is 0 Å². The highest BCUT2D eigenvalue weighted by Gasteiger charge is 2.25. The van der Waals surface area contributed by atoms with E-state index in [1.54, 1.807) is 19.2 Å². The van der Waals surface area contributed by atoms with Crippen LogP contribution in [-0.4, -0.2) is 43.7 Å². The first-order valence-corrected chi connectivity index (χ1v) is 6.88. The number of hydrogen-bond acceptors (Lipinski definition) is 3. The van der Waals surface area contributed by atoms with Crippen LogP contribution in [0.1, 0.15) is 5.56 Å². The molecule has 0 aromatic heterocycles. The van der Waals surface area contributed by atoms with Crippen molar-refractivity contribution in [2.24, 2.45) is 0 Å². The Morgan fingerprint density at radius 3 is 3.11 bits per heavy atom. The fourth-order valence-electron chi connectivity index (χ4n) is 1.97. The van der Waals surface area contributed by atoms with Gasteiger partial charge < -0.3 is 15.0 Å². The average molecular weight is 331 g/mol. The Bertz CT molecular complexity index is 464. The summed E-state index contributed by atoms with van der Waals surface area (Å²) in [5, 5.41) is 3.10. The van der Waals surface area contributed by atoms with Crippen molar-refractivity contribution in [2.75, 3.05) is 26.7 Å². The fourth-order valence-corrected chi connectivity index (χ4v) is 2.38. The van der Waals surface area contributed by atoms with Gasteiger partial charge in [0.1, 0.15) is 11.9 Å². The lowest BCUT2D eigenvalue weighted by Gasteiger charge is -2.27. The lowest BCUT2D eigenvalue weighted by atomic mass is 10.2. The summed E-state index contributed by atoms with van der Waals surface area (Å²) in [4.78, 5) is 13.6. The molecule has 1 aliphatic heterocycles. The van der Waals surface area contributed by atoms with E-state index in [0.29, 0.717) is 18.7 Å². The van der Waals surface area contributed by atoms with Crippen molar-refractivity contribution in [1.29, 1.82) is 0 Å². The number of ether oxygens (including phenoxy) is 1. The molecule has 104 valence electrons. The molecule has 1 N–H and O–H groups in total. The Labute approximate surface area is 120 Å². The number of rotatable bonds is 3. The molecule has 1 aromatic carbocycles. The maximum absolute atomic E-state index is 13.6. The third-order valence-corrected chi connectivity index (χ3v) is 3.49. The van der Waals surface area contributed by atoms with Gasteiger partial charge in [-0.3, -0.25) is 4.79 Å². The van der Waals surface area contributed by atoms with E-state index in [0.717, 1.165) is 11.0 Å². The third kappa shape index (κ3) is 3.75. The molecule has 1 amide bonds. The zero-order chi connectivity index (χ0) is 13.8. The summed E-state index contributed by atoms with van der Waals surface area (Å²) in [6.07, 6.45) is -0.478. The molecule has 2 rings (SSSR count). The minimum absolute atomic E-state index is 0.133. The van der Waals surface area contributed by atoms with Crippen molar-refractivity contribution in [3.05, 3.63) is 34.1 Å². The van der Waals surface area contributed by atoms with Crippen molar-refractivity contribution in [2.45, 2.75) is 12.6 Å². The summed E-state index contributed by atoms with van der Waals surface area (Å²) in [6, 6.07) is 4.70. The Balaban J connectivity index is 2.01. The van der Waals surface area contributed by atoms with E-state index in [2.05, 4.69) is 21.2 Å². The van der Waals surface area contributed by atoms with Gasteiger partial charge in [0.05, 0.1) is 6.61 Å². The second-order valence-electron chi connectivity index (χ2n) is 4.49. The van der Waals surface area contributed by atoms with E-state index in [1.165, 1.54) is 11.0 Å². The van der Waals surface area contributed by atoms with Crippen LogP contribution in [0.2, 0.25) is 0 Å². The summed E-state index contributed by atoms with van der Waals surface area (Å²) in [7, 11) is 1.65. The minimum atomic E-state index is -0.478. The molecule has 0 bridgehead atoms. The monoisotopic (exact) mass is 330 g/mol. The van der Waals surface area contributed by atoms with E-state index < -0.39 is 6.10 Å². The summed E-state index contributed by atoms with van der Waals surface area (Å²) in [5.74, 6) is -0.447. The predicted molar refractivity (Wildman–Crippen MR) is 73.2 cm³/mol. The molecular weight excluding hydrogens is 315 g/mol. The SMILES string of the molecule is CN(Cc1cc(Br)ccc1F)C(=O)[C@H]1CNCCO1. The maximum atomic E-state index is 13.6. The van der Waals surface area contributed by atoms with Crippen LogP contribution in [0.3, 0.4) is 0 Å². The van der Waals surface area contributed by atoms with Gasteiger partial charge in [0.2, 0.25) is 0 Å². The van der Waals surface area contributed by atoms with Crippen molar-refractivity contribution in [3.8, 4) is 0 Å². The lowest BCUT2D eigenvalue weighted by Crippen LogP contribution is -2.48.